The van der Waals surface area contributed by atoms with Gasteiger partial charge in [0.25, 0.3) is 0 Å². The fraction of sp³-hybridized carbons (Fsp3) is 0.362. The zero-order valence-corrected chi connectivity index (χ0v) is 50.6. The molecule has 0 saturated heterocycles. The lowest BCUT2D eigenvalue weighted by molar-refractivity contribution is 0.582. The SMILES string of the molecule is Brc1cc2sccc2o1.CC.CC.CC.CC.CC.Cc1cc2oc(Br)c(C)c2s1.Cc1cc2oc(Br)cc2s1.Cc1csc2c(C)c(Br)oc12.Cc1sc2cc(Br)oc2c1C. The number of hydrogen-bond acceptors (Lipinski definition) is 10. The van der Waals surface area contributed by atoms with Gasteiger partial charge >= 0.3 is 0 Å². The van der Waals surface area contributed by atoms with E-state index in [4.69, 9.17) is 22.1 Å². The normalized spacial score (nSPS) is 9.77. The summed E-state index contributed by atoms with van der Waals surface area (Å²) in [5.74, 6) is 0. The molecular weight excluding hydrogens is 1200 g/mol. The summed E-state index contributed by atoms with van der Waals surface area (Å²) in [6.07, 6.45) is 0. The van der Waals surface area contributed by atoms with Gasteiger partial charge in [-0.05, 0) is 157 Å². The van der Waals surface area contributed by atoms with Crippen molar-refractivity contribution in [3.05, 3.63) is 107 Å². The van der Waals surface area contributed by atoms with Gasteiger partial charge in [-0.2, -0.15) is 0 Å². The maximum Gasteiger partial charge on any atom is 0.174 e. The van der Waals surface area contributed by atoms with E-state index < -0.39 is 0 Å². The second-order valence-electron chi connectivity index (χ2n) is 11.5. The molecule has 0 aliphatic heterocycles. The van der Waals surface area contributed by atoms with Crippen LogP contribution in [0.3, 0.4) is 0 Å². The first-order valence-electron chi connectivity index (χ1n) is 20.4. The molecule has 5 nitrogen and oxygen atoms in total. The molecule has 342 valence electrons. The summed E-state index contributed by atoms with van der Waals surface area (Å²) in [4.78, 5) is 3.93. The fourth-order valence-electron chi connectivity index (χ4n) is 4.91. The van der Waals surface area contributed by atoms with Crippen LogP contribution < -0.4 is 0 Å². The number of fused-ring (bicyclic) bond motifs is 5. The van der Waals surface area contributed by atoms with Crippen molar-refractivity contribution in [2.45, 2.75) is 118 Å². The highest BCUT2D eigenvalue weighted by atomic mass is 79.9. The molecule has 0 radical (unpaired) electrons. The Morgan fingerprint density at radius 3 is 1.47 bits per heavy atom. The van der Waals surface area contributed by atoms with Crippen molar-refractivity contribution in [1.29, 1.82) is 0 Å². The van der Waals surface area contributed by atoms with Crippen molar-refractivity contribution < 1.29 is 22.1 Å². The van der Waals surface area contributed by atoms with Crippen LogP contribution in [0.25, 0.3) is 51.4 Å². The van der Waals surface area contributed by atoms with Crippen molar-refractivity contribution in [3.63, 3.8) is 0 Å². The predicted octanol–water partition coefficient (Wildman–Crippen LogP) is 23.6. The van der Waals surface area contributed by atoms with E-state index in [1.165, 1.54) is 60.4 Å². The van der Waals surface area contributed by atoms with Crippen molar-refractivity contribution in [2.24, 2.45) is 0 Å². The van der Waals surface area contributed by atoms with E-state index >= 15 is 0 Å². The molecule has 0 bridgehead atoms. The third-order valence-electron chi connectivity index (χ3n) is 7.61. The highest BCUT2D eigenvalue weighted by Gasteiger charge is 2.12. The molecule has 10 aromatic heterocycles. The zero-order chi connectivity index (χ0) is 47.4. The topological polar surface area (TPSA) is 65.7 Å². The zero-order valence-electron chi connectivity index (χ0n) is 38.6. The van der Waals surface area contributed by atoms with Crippen LogP contribution in [0.2, 0.25) is 0 Å². The molecule has 0 amide bonds. The van der Waals surface area contributed by atoms with E-state index in [9.17, 15) is 0 Å². The van der Waals surface area contributed by atoms with Gasteiger partial charge in [-0.15, -0.1) is 56.7 Å². The van der Waals surface area contributed by atoms with E-state index in [1.807, 2.05) is 105 Å². The fourth-order valence-corrected chi connectivity index (χ4v) is 12.1. The summed E-state index contributed by atoms with van der Waals surface area (Å²) in [5, 5.41) is 4.13. The van der Waals surface area contributed by atoms with Gasteiger partial charge in [-0.3, -0.25) is 0 Å². The largest absolute Gasteiger partial charge is 0.448 e. The van der Waals surface area contributed by atoms with Crippen LogP contribution in [0.1, 0.15) is 106 Å². The van der Waals surface area contributed by atoms with Crippen molar-refractivity contribution in [1.82, 2.24) is 0 Å². The molecule has 0 unspecified atom stereocenters. The van der Waals surface area contributed by atoms with Gasteiger partial charge in [-0.1, -0.05) is 69.2 Å². The maximum absolute atomic E-state index is 5.50. The third kappa shape index (κ3) is 16.2. The number of hydrogen-bond donors (Lipinski definition) is 0. The average molecular weight is 1260 g/mol. The van der Waals surface area contributed by atoms with Gasteiger partial charge in [0.2, 0.25) is 0 Å². The lowest BCUT2D eigenvalue weighted by atomic mass is 10.3. The quantitative estimate of drug-likeness (QED) is 0.151. The van der Waals surface area contributed by atoms with E-state index in [0.29, 0.717) is 0 Å². The van der Waals surface area contributed by atoms with Gasteiger partial charge in [0, 0.05) is 55.1 Å². The molecule has 0 saturated carbocycles. The summed E-state index contributed by atoms with van der Waals surface area (Å²) in [7, 11) is 0. The van der Waals surface area contributed by atoms with Crippen LogP contribution in [0.5, 0.6) is 0 Å². The highest BCUT2D eigenvalue weighted by Crippen LogP contribution is 2.37. The Kier molecular flexibility index (Phi) is 28.4. The minimum Gasteiger partial charge on any atom is -0.448 e. The minimum atomic E-state index is 0.810. The Morgan fingerprint density at radius 2 is 0.919 bits per heavy atom. The monoisotopic (exact) mass is 1260 g/mol. The Morgan fingerprint density at radius 1 is 0.419 bits per heavy atom. The van der Waals surface area contributed by atoms with Crippen molar-refractivity contribution >= 4 is 188 Å². The summed E-state index contributed by atoms with van der Waals surface area (Å²) < 4.78 is 37.3. The van der Waals surface area contributed by atoms with Crippen LogP contribution in [-0.4, -0.2) is 0 Å². The molecule has 0 spiro atoms. The van der Waals surface area contributed by atoms with Gasteiger partial charge < -0.3 is 22.1 Å². The van der Waals surface area contributed by atoms with Crippen LogP contribution >= 0.6 is 136 Å². The number of halogens is 5. The molecule has 10 aromatic rings. The first kappa shape index (κ1) is 58.6. The number of furan rings is 5. The standard InChI is InChI=1S/3C8H7BrOS.C7H5BrOS.C6H3BrOS.5C2H6/c1-4-5(2)11-6-3-7(9)10-8(4)6;1-4-3-11-7-5(2)8(9)10-6(4)7;1-4-3-6-7(11-4)5(2)8(9)10-6;1-4-2-5-6(10-4)3-7(8)9-5;7-6-3-5-4(8-6)1-2-9-5;5*1-2/h3*3H,1-2H3;2-3H,1H3;1-3H;5*1-2H3. The molecule has 0 atom stereocenters. The van der Waals surface area contributed by atoms with E-state index in [1.54, 1.807) is 56.7 Å². The Hall–Kier alpha value is -1.40. The summed E-state index contributed by atoms with van der Waals surface area (Å²) in [6.45, 7) is 34.6. The maximum atomic E-state index is 5.50. The van der Waals surface area contributed by atoms with E-state index in [-0.39, 0.29) is 0 Å². The summed E-state index contributed by atoms with van der Waals surface area (Å²) in [6, 6.07) is 12.1. The Labute approximate surface area is 430 Å². The van der Waals surface area contributed by atoms with Crippen molar-refractivity contribution in [2.75, 3.05) is 0 Å². The molecule has 0 fully saturated rings. The van der Waals surface area contributed by atoms with Gasteiger partial charge in [0.05, 0.1) is 23.5 Å². The first-order chi connectivity index (χ1) is 29.7. The van der Waals surface area contributed by atoms with Gasteiger partial charge in [-0.25, -0.2) is 0 Å². The van der Waals surface area contributed by atoms with Crippen LogP contribution in [-0.2, 0) is 0 Å². The second-order valence-corrected chi connectivity index (χ2v) is 20.9. The smallest absolute Gasteiger partial charge is 0.174 e. The minimum absolute atomic E-state index is 0.810. The molecule has 62 heavy (non-hydrogen) atoms. The highest BCUT2D eigenvalue weighted by molar-refractivity contribution is 9.11. The lowest BCUT2D eigenvalue weighted by Crippen LogP contribution is -1.65. The number of aryl methyl sites for hydroxylation is 7. The lowest BCUT2D eigenvalue weighted by Gasteiger charge is -1.85. The predicted molar refractivity (Wildman–Crippen MR) is 299 cm³/mol. The van der Waals surface area contributed by atoms with Crippen molar-refractivity contribution in [3.8, 4) is 0 Å². The van der Waals surface area contributed by atoms with Gasteiger partial charge in [0.15, 0.2) is 23.3 Å². The van der Waals surface area contributed by atoms with Crippen LogP contribution in [0, 0.1) is 48.5 Å². The second kappa shape index (κ2) is 30.0. The Balaban J connectivity index is 0.000000369. The number of thiophene rings is 5. The summed E-state index contributed by atoms with van der Waals surface area (Å²) in [5.41, 5.74) is 9.89. The first-order valence-corrected chi connectivity index (χ1v) is 28.6. The number of rotatable bonds is 0. The third-order valence-corrected chi connectivity index (χ3v) is 15.6. The molecule has 15 heteroatoms. The average Bonchev–Trinajstić information content (AvgIpc) is 4.17. The molecule has 0 N–H and O–H groups in total. The summed E-state index contributed by atoms with van der Waals surface area (Å²) >= 11 is 25.3. The Bertz CT molecular complexity index is 2580. The van der Waals surface area contributed by atoms with Crippen LogP contribution in [0.4, 0.5) is 0 Å². The molecule has 0 aromatic carbocycles. The van der Waals surface area contributed by atoms with E-state index in [2.05, 4.69) is 140 Å². The van der Waals surface area contributed by atoms with E-state index in [0.717, 1.165) is 51.3 Å². The molecule has 0 aliphatic carbocycles. The molecule has 10 rings (SSSR count). The molecular formula is C47H59Br5O5S5. The van der Waals surface area contributed by atoms with Gasteiger partial charge in [0.1, 0.15) is 27.9 Å². The molecule has 10 heterocycles. The van der Waals surface area contributed by atoms with Crippen LogP contribution in [0.15, 0.2) is 92.6 Å². The molecule has 0 aliphatic rings.